The van der Waals surface area contributed by atoms with Crippen LogP contribution in [0.2, 0.25) is 0 Å². The minimum absolute atomic E-state index is 0.0631. The zero-order valence-electron chi connectivity index (χ0n) is 11.4. The molecule has 2 amide bonds. The smallest absolute Gasteiger partial charge is 0.241 e. The summed E-state index contributed by atoms with van der Waals surface area (Å²) in [7, 11) is 0. The second-order valence-electron chi connectivity index (χ2n) is 4.75. The first kappa shape index (κ1) is 14.8. The number of carbonyl (C=O) groups is 2. The third kappa shape index (κ3) is 3.96. The summed E-state index contributed by atoms with van der Waals surface area (Å²) in [5, 5.41) is 3.11. The minimum atomic E-state index is 0.0631. The molecular weight excluding hydrogens is 322 g/mol. The molecule has 0 aliphatic carbocycles. The fourth-order valence-electron chi connectivity index (χ4n) is 2.16. The van der Waals surface area contributed by atoms with Crippen molar-refractivity contribution in [3.8, 4) is 0 Å². The summed E-state index contributed by atoms with van der Waals surface area (Å²) in [4.78, 5) is 26.9. The summed E-state index contributed by atoms with van der Waals surface area (Å²) in [5.41, 5.74) is 0.912. The maximum absolute atomic E-state index is 12.1. The molecule has 1 saturated heterocycles. The van der Waals surface area contributed by atoms with E-state index < -0.39 is 0 Å². The molecule has 2 rings (SSSR count). The molecule has 1 N–H and O–H groups in total. The minimum Gasteiger partial charge on any atom is -0.376 e. The highest BCUT2D eigenvalue weighted by molar-refractivity contribution is 9.10. The Morgan fingerprint density at radius 2 is 1.85 bits per heavy atom. The quantitative estimate of drug-likeness (QED) is 0.909. The highest BCUT2D eigenvalue weighted by Crippen LogP contribution is 2.15. The highest BCUT2D eigenvalue weighted by atomic mass is 79.9. The number of piperazine rings is 1. The predicted octanol–water partition coefficient (Wildman–Crippen LogP) is 1.55. The lowest BCUT2D eigenvalue weighted by atomic mass is 10.3. The van der Waals surface area contributed by atoms with Gasteiger partial charge in [-0.3, -0.25) is 9.59 Å². The van der Waals surface area contributed by atoms with Gasteiger partial charge in [0.15, 0.2) is 0 Å². The lowest BCUT2D eigenvalue weighted by Crippen LogP contribution is -2.51. The summed E-state index contributed by atoms with van der Waals surface area (Å²) in [5.74, 6) is 0.137. The van der Waals surface area contributed by atoms with E-state index in [0.29, 0.717) is 26.2 Å². The van der Waals surface area contributed by atoms with Gasteiger partial charge >= 0.3 is 0 Å². The first-order valence-corrected chi connectivity index (χ1v) is 7.38. The van der Waals surface area contributed by atoms with Crippen LogP contribution in [0.25, 0.3) is 0 Å². The Morgan fingerprint density at radius 3 is 2.45 bits per heavy atom. The average molecular weight is 340 g/mol. The molecule has 1 heterocycles. The first-order chi connectivity index (χ1) is 9.56. The molecule has 5 nitrogen and oxygen atoms in total. The molecule has 0 atom stereocenters. The molecule has 1 aliphatic heterocycles. The van der Waals surface area contributed by atoms with E-state index in [9.17, 15) is 9.59 Å². The largest absolute Gasteiger partial charge is 0.376 e. The number of hydrogen-bond donors (Lipinski definition) is 1. The van der Waals surface area contributed by atoms with Crippen LogP contribution in [0.4, 0.5) is 5.69 Å². The van der Waals surface area contributed by atoms with Gasteiger partial charge in [0.05, 0.1) is 6.54 Å². The number of nitrogens with zero attached hydrogens (tertiary/aromatic N) is 2. The standard InChI is InChI=1S/C14H18BrN3O2/c1-11(19)17-5-7-18(8-6-17)14(20)10-16-13-4-2-3-12(15)9-13/h2-4,9,16H,5-8,10H2,1H3. The average Bonchev–Trinajstić information content (AvgIpc) is 2.45. The van der Waals surface area contributed by atoms with Gasteiger partial charge in [0.2, 0.25) is 11.8 Å². The maximum atomic E-state index is 12.1. The van der Waals surface area contributed by atoms with E-state index in [2.05, 4.69) is 21.2 Å². The van der Waals surface area contributed by atoms with Gasteiger partial charge in [0.25, 0.3) is 0 Å². The van der Waals surface area contributed by atoms with E-state index in [-0.39, 0.29) is 18.4 Å². The summed E-state index contributed by atoms with van der Waals surface area (Å²) in [6, 6.07) is 7.71. The molecule has 0 radical (unpaired) electrons. The van der Waals surface area contributed by atoms with Crippen LogP contribution in [-0.4, -0.2) is 54.3 Å². The Morgan fingerprint density at radius 1 is 1.20 bits per heavy atom. The lowest BCUT2D eigenvalue weighted by molar-refractivity contribution is -0.137. The SMILES string of the molecule is CC(=O)N1CCN(C(=O)CNc2cccc(Br)c2)CC1. The molecule has 108 valence electrons. The lowest BCUT2D eigenvalue weighted by Gasteiger charge is -2.34. The van der Waals surface area contributed by atoms with Crippen LogP contribution >= 0.6 is 15.9 Å². The molecule has 6 heteroatoms. The fraction of sp³-hybridized carbons (Fsp3) is 0.429. The van der Waals surface area contributed by atoms with Crippen LogP contribution in [0.1, 0.15) is 6.92 Å². The van der Waals surface area contributed by atoms with Gasteiger partial charge in [0, 0.05) is 43.3 Å². The van der Waals surface area contributed by atoms with Crippen molar-refractivity contribution < 1.29 is 9.59 Å². The number of nitrogens with one attached hydrogen (secondary N) is 1. The molecule has 0 spiro atoms. The van der Waals surface area contributed by atoms with Crippen molar-refractivity contribution in [1.29, 1.82) is 0 Å². The van der Waals surface area contributed by atoms with Gasteiger partial charge in [-0.05, 0) is 18.2 Å². The Balaban J connectivity index is 1.80. The highest BCUT2D eigenvalue weighted by Gasteiger charge is 2.21. The summed E-state index contributed by atoms with van der Waals surface area (Å²) in [6.07, 6.45) is 0. The molecule has 1 fully saturated rings. The van der Waals surface area contributed by atoms with Gasteiger partial charge < -0.3 is 15.1 Å². The zero-order valence-corrected chi connectivity index (χ0v) is 13.0. The molecule has 0 saturated carbocycles. The molecule has 0 aromatic heterocycles. The number of hydrogen-bond acceptors (Lipinski definition) is 3. The summed E-state index contributed by atoms with van der Waals surface area (Å²) in [6.45, 7) is 4.30. The fourth-order valence-corrected chi connectivity index (χ4v) is 2.56. The van der Waals surface area contributed by atoms with Crippen molar-refractivity contribution in [3.05, 3.63) is 28.7 Å². The van der Waals surface area contributed by atoms with Gasteiger partial charge in [0.1, 0.15) is 0 Å². The third-order valence-corrected chi connectivity index (χ3v) is 3.84. The molecule has 1 aliphatic rings. The predicted molar refractivity (Wildman–Crippen MR) is 81.5 cm³/mol. The Labute approximate surface area is 127 Å². The molecule has 1 aromatic carbocycles. The number of benzene rings is 1. The Bertz CT molecular complexity index is 499. The van der Waals surface area contributed by atoms with Crippen LogP contribution in [0, 0.1) is 0 Å². The van der Waals surface area contributed by atoms with Crippen molar-refractivity contribution >= 4 is 33.4 Å². The Kier molecular flexibility index (Phi) is 5.00. The summed E-state index contributed by atoms with van der Waals surface area (Å²) >= 11 is 3.39. The van der Waals surface area contributed by atoms with Crippen LogP contribution in [0.5, 0.6) is 0 Å². The van der Waals surface area contributed by atoms with E-state index in [1.165, 1.54) is 0 Å². The van der Waals surface area contributed by atoms with Crippen molar-refractivity contribution in [3.63, 3.8) is 0 Å². The third-order valence-electron chi connectivity index (χ3n) is 3.35. The number of halogens is 1. The number of anilines is 1. The van der Waals surface area contributed by atoms with E-state index in [4.69, 9.17) is 0 Å². The van der Waals surface area contributed by atoms with Crippen LogP contribution in [0.3, 0.4) is 0 Å². The molecular formula is C14H18BrN3O2. The number of amides is 2. The molecule has 1 aromatic rings. The second-order valence-corrected chi connectivity index (χ2v) is 5.67. The van der Waals surface area contributed by atoms with Crippen LogP contribution < -0.4 is 5.32 Å². The van der Waals surface area contributed by atoms with Crippen LogP contribution in [0.15, 0.2) is 28.7 Å². The topological polar surface area (TPSA) is 52.7 Å². The van der Waals surface area contributed by atoms with Crippen LogP contribution in [-0.2, 0) is 9.59 Å². The Hall–Kier alpha value is -1.56. The van der Waals surface area contributed by atoms with E-state index in [0.717, 1.165) is 10.2 Å². The van der Waals surface area contributed by atoms with Gasteiger partial charge in [-0.15, -0.1) is 0 Å². The van der Waals surface area contributed by atoms with E-state index in [1.807, 2.05) is 24.3 Å². The zero-order chi connectivity index (χ0) is 14.5. The molecule has 20 heavy (non-hydrogen) atoms. The normalized spacial score (nSPS) is 15.1. The van der Waals surface area contributed by atoms with Crippen molar-refractivity contribution in [1.82, 2.24) is 9.80 Å². The van der Waals surface area contributed by atoms with Gasteiger partial charge in [-0.2, -0.15) is 0 Å². The molecule has 0 unspecified atom stereocenters. The van der Waals surface area contributed by atoms with Gasteiger partial charge in [-0.25, -0.2) is 0 Å². The van der Waals surface area contributed by atoms with Crippen molar-refractivity contribution in [2.75, 3.05) is 38.0 Å². The number of rotatable bonds is 3. The second kappa shape index (κ2) is 6.74. The number of carbonyl (C=O) groups excluding carboxylic acids is 2. The van der Waals surface area contributed by atoms with E-state index >= 15 is 0 Å². The summed E-state index contributed by atoms with van der Waals surface area (Å²) < 4.78 is 0.977. The van der Waals surface area contributed by atoms with Crippen molar-refractivity contribution in [2.24, 2.45) is 0 Å². The first-order valence-electron chi connectivity index (χ1n) is 6.59. The van der Waals surface area contributed by atoms with Gasteiger partial charge in [-0.1, -0.05) is 22.0 Å². The van der Waals surface area contributed by atoms with E-state index in [1.54, 1.807) is 16.7 Å². The maximum Gasteiger partial charge on any atom is 0.241 e. The molecule has 0 bridgehead atoms. The van der Waals surface area contributed by atoms with Crippen molar-refractivity contribution in [2.45, 2.75) is 6.92 Å². The monoisotopic (exact) mass is 339 g/mol.